The van der Waals surface area contributed by atoms with E-state index in [4.69, 9.17) is 21.1 Å². The predicted molar refractivity (Wildman–Crippen MR) is 105 cm³/mol. The van der Waals surface area contributed by atoms with Gasteiger partial charge in [0.25, 0.3) is 0 Å². The molecule has 0 fully saturated rings. The Hall–Kier alpha value is -2.24. The SMILES string of the molecule is CCOc1ccc(OCC)c(NC(=O)CN(C)Cc2ccc(Cl)cc2)c1. The van der Waals surface area contributed by atoms with Crippen molar-refractivity contribution in [1.82, 2.24) is 4.90 Å². The fourth-order valence-corrected chi connectivity index (χ4v) is 2.66. The second-order valence-corrected chi connectivity index (χ2v) is 6.31. The molecule has 1 N–H and O–H groups in total. The van der Waals surface area contributed by atoms with Crippen LogP contribution in [0.3, 0.4) is 0 Å². The van der Waals surface area contributed by atoms with Crippen molar-refractivity contribution in [2.24, 2.45) is 0 Å². The standard InChI is InChI=1S/C20H25ClN2O3/c1-4-25-17-10-11-19(26-5-2)18(12-17)22-20(24)14-23(3)13-15-6-8-16(21)9-7-15/h6-12H,4-5,13-14H2,1-3H3,(H,22,24). The molecule has 5 nitrogen and oxygen atoms in total. The van der Waals surface area contributed by atoms with Gasteiger partial charge in [-0.3, -0.25) is 9.69 Å². The molecule has 0 spiro atoms. The molecule has 2 aromatic carbocycles. The Morgan fingerprint density at radius 1 is 1.08 bits per heavy atom. The van der Waals surface area contributed by atoms with Crippen molar-refractivity contribution in [3.63, 3.8) is 0 Å². The molecule has 0 saturated heterocycles. The molecule has 2 rings (SSSR count). The van der Waals surface area contributed by atoms with Gasteiger partial charge in [0.2, 0.25) is 5.91 Å². The summed E-state index contributed by atoms with van der Waals surface area (Å²) in [7, 11) is 1.90. The van der Waals surface area contributed by atoms with Gasteiger partial charge in [0.15, 0.2) is 0 Å². The van der Waals surface area contributed by atoms with Crippen molar-refractivity contribution in [2.45, 2.75) is 20.4 Å². The highest BCUT2D eigenvalue weighted by molar-refractivity contribution is 6.30. The third-order valence-electron chi connectivity index (χ3n) is 3.62. The number of nitrogens with zero attached hydrogens (tertiary/aromatic N) is 1. The molecule has 0 aliphatic heterocycles. The number of nitrogens with one attached hydrogen (secondary N) is 1. The first kappa shape index (κ1) is 20.1. The number of benzene rings is 2. The predicted octanol–water partition coefficient (Wildman–Crippen LogP) is 4.21. The number of ether oxygens (including phenoxy) is 2. The van der Waals surface area contributed by atoms with E-state index < -0.39 is 0 Å². The van der Waals surface area contributed by atoms with Crippen molar-refractivity contribution in [1.29, 1.82) is 0 Å². The summed E-state index contributed by atoms with van der Waals surface area (Å²) in [4.78, 5) is 14.4. The quantitative estimate of drug-likeness (QED) is 0.712. The summed E-state index contributed by atoms with van der Waals surface area (Å²) in [6.45, 7) is 5.82. The first-order chi connectivity index (χ1) is 12.5. The number of carbonyl (C=O) groups is 1. The average Bonchev–Trinajstić information content (AvgIpc) is 2.59. The van der Waals surface area contributed by atoms with Crippen LogP contribution >= 0.6 is 11.6 Å². The van der Waals surface area contributed by atoms with E-state index in [1.807, 2.05) is 62.2 Å². The molecule has 0 saturated carbocycles. The minimum Gasteiger partial charge on any atom is -0.494 e. The summed E-state index contributed by atoms with van der Waals surface area (Å²) in [6.07, 6.45) is 0. The number of hydrogen-bond donors (Lipinski definition) is 1. The maximum atomic E-state index is 12.4. The number of carbonyl (C=O) groups excluding carboxylic acids is 1. The molecule has 0 radical (unpaired) electrons. The molecule has 2 aromatic rings. The lowest BCUT2D eigenvalue weighted by Gasteiger charge is -2.18. The maximum absolute atomic E-state index is 12.4. The fraction of sp³-hybridized carbons (Fsp3) is 0.350. The highest BCUT2D eigenvalue weighted by atomic mass is 35.5. The first-order valence-electron chi connectivity index (χ1n) is 8.64. The zero-order chi connectivity index (χ0) is 18.9. The van der Waals surface area contributed by atoms with E-state index in [1.165, 1.54) is 0 Å². The highest BCUT2D eigenvalue weighted by Crippen LogP contribution is 2.29. The molecule has 26 heavy (non-hydrogen) atoms. The Kier molecular flexibility index (Phi) is 7.75. The summed E-state index contributed by atoms with van der Waals surface area (Å²) < 4.78 is 11.1. The van der Waals surface area contributed by atoms with E-state index >= 15 is 0 Å². The number of likely N-dealkylation sites (N-methyl/N-ethyl adjacent to an activating group) is 1. The van der Waals surface area contributed by atoms with Gasteiger partial charge < -0.3 is 14.8 Å². The van der Waals surface area contributed by atoms with Crippen LogP contribution in [-0.2, 0) is 11.3 Å². The van der Waals surface area contributed by atoms with Crippen molar-refractivity contribution >= 4 is 23.2 Å². The molecule has 0 heterocycles. The molecule has 0 aliphatic carbocycles. The summed E-state index contributed by atoms with van der Waals surface area (Å²) >= 11 is 5.90. The molecule has 0 aromatic heterocycles. The lowest BCUT2D eigenvalue weighted by molar-refractivity contribution is -0.117. The molecule has 0 aliphatic rings. The molecule has 0 atom stereocenters. The fourth-order valence-electron chi connectivity index (χ4n) is 2.54. The third kappa shape index (κ3) is 6.24. The van der Waals surface area contributed by atoms with E-state index in [-0.39, 0.29) is 12.5 Å². The Bertz CT molecular complexity index is 719. The number of rotatable bonds is 9. The van der Waals surface area contributed by atoms with Gasteiger partial charge in [-0.05, 0) is 50.7 Å². The van der Waals surface area contributed by atoms with E-state index in [2.05, 4.69) is 5.32 Å². The number of hydrogen-bond acceptors (Lipinski definition) is 4. The zero-order valence-corrected chi connectivity index (χ0v) is 16.2. The van der Waals surface area contributed by atoms with Crippen molar-refractivity contribution < 1.29 is 14.3 Å². The minimum absolute atomic E-state index is 0.115. The van der Waals surface area contributed by atoms with Crippen molar-refractivity contribution in [3.8, 4) is 11.5 Å². The second kappa shape index (κ2) is 10.0. The van der Waals surface area contributed by atoms with Gasteiger partial charge in [-0.25, -0.2) is 0 Å². The number of halogens is 1. The molecule has 0 unspecified atom stereocenters. The van der Waals surface area contributed by atoms with E-state index in [1.54, 1.807) is 6.07 Å². The Morgan fingerprint density at radius 2 is 1.77 bits per heavy atom. The molecular formula is C20H25ClN2O3. The first-order valence-corrected chi connectivity index (χ1v) is 9.02. The summed E-state index contributed by atoms with van der Waals surface area (Å²) in [5, 5.41) is 3.61. The van der Waals surface area contributed by atoms with Gasteiger partial charge in [0.05, 0.1) is 25.4 Å². The van der Waals surface area contributed by atoms with E-state index in [9.17, 15) is 4.79 Å². The lowest BCUT2D eigenvalue weighted by Crippen LogP contribution is -2.30. The summed E-state index contributed by atoms with van der Waals surface area (Å²) in [5.74, 6) is 1.21. The van der Waals surface area contributed by atoms with Crippen LogP contribution in [0.1, 0.15) is 19.4 Å². The van der Waals surface area contributed by atoms with Crippen LogP contribution in [-0.4, -0.2) is 37.6 Å². The average molecular weight is 377 g/mol. The van der Waals surface area contributed by atoms with Gasteiger partial charge in [0, 0.05) is 17.6 Å². The Balaban J connectivity index is 1.99. The van der Waals surface area contributed by atoms with Crippen LogP contribution in [0.25, 0.3) is 0 Å². The van der Waals surface area contributed by atoms with Crippen LogP contribution in [0.4, 0.5) is 5.69 Å². The van der Waals surface area contributed by atoms with Gasteiger partial charge in [-0.1, -0.05) is 23.7 Å². The minimum atomic E-state index is -0.115. The van der Waals surface area contributed by atoms with Crippen molar-refractivity contribution in [2.75, 3.05) is 32.1 Å². The largest absolute Gasteiger partial charge is 0.494 e. The second-order valence-electron chi connectivity index (χ2n) is 5.87. The smallest absolute Gasteiger partial charge is 0.238 e. The van der Waals surface area contributed by atoms with Crippen LogP contribution in [0.15, 0.2) is 42.5 Å². The zero-order valence-electron chi connectivity index (χ0n) is 15.4. The van der Waals surface area contributed by atoms with Gasteiger partial charge in [-0.2, -0.15) is 0 Å². The third-order valence-corrected chi connectivity index (χ3v) is 3.87. The van der Waals surface area contributed by atoms with Crippen LogP contribution in [0.2, 0.25) is 5.02 Å². The molecule has 6 heteroatoms. The van der Waals surface area contributed by atoms with Gasteiger partial charge in [0.1, 0.15) is 11.5 Å². The lowest BCUT2D eigenvalue weighted by atomic mass is 10.2. The van der Waals surface area contributed by atoms with E-state index in [0.717, 1.165) is 5.56 Å². The summed E-state index contributed by atoms with van der Waals surface area (Å²) in [5.41, 5.74) is 1.71. The number of anilines is 1. The Labute approximate surface area is 159 Å². The van der Waals surface area contributed by atoms with E-state index in [0.29, 0.717) is 42.0 Å². The topological polar surface area (TPSA) is 50.8 Å². The van der Waals surface area contributed by atoms with Crippen LogP contribution < -0.4 is 14.8 Å². The highest BCUT2D eigenvalue weighted by Gasteiger charge is 2.12. The monoisotopic (exact) mass is 376 g/mol. The van der Waals surface area contributed by atoms with Gasteiger partial charge >= 0.3 is 0 Å². The molecule has 140 valence electrons. The maximum Gasteiger partial charge on any atom is 0.238 e. The Morgan fingerprint density at radius 3 is 2.42 bits per heavy atom. The van der Waals surface area contributed by atoms with Gasteiger partial charge in [-0.15, -0.1) is 0 Å². The van der Waals surface area contributed by atoms with Crippen molar-refractivity contribution in [3.05, 3.63) is 53.1 Å². The number of amides is 1. The molecular weight excluding hydrogens is 352 g/mol. The molecule has 1 amide bonds. The molecule has 0 bridgehead atoms. The van der Waals surface area contributed by atoms with Crippen LogP contribution in [0.5, 0.6) is 11.5 Å². The normalized spacial score (nSPS) is 10.7. The summed E-state index contributed by atoms with van der Waals surface area (Å²) in [6, 6.07) is 13.0. The van der Waals surface area contributed by atoms with Crippen LogP contribution in [0, 0.1) is 0 Å².